The number of fused-ring (bicyclic) bond motifs is 1. The monoisotopic (exact) mass is 448 g/mol. The Hall–Kier alpha value is -3.35. The maximum absolute atomic E-state index is 12.7. The van der Waals surface area contributed by atoms with Gasteiger partial charge in [0.1, 0.15) is 46.9 Å². The first-order valence-corrected chi connectivity index (χ1v) is 9.50. The fourth-order valence-electron chi connectivity index (χ4n) is 3.44. The Kier molecular flexibility index (Phi) is 5.67. The third-order valence-electron chi connectivity index (χ3n) is 5.16. The number of aromatic hydroxyl groups is 3. The largest absolute Gasteiger partial charge is 0.508 e. The van der Waals surface area contributed by atoms with E-state index in [1.54, 1.807) is 0 Å². The van der Waals surface area contributed by atoms with E-state index in [-0.39, 0.29) is 22.5 Å². The van der Waals surface area contributed by atoms with Crippen LogP contribution in [0, 0.1) is 0 Å². The molecule has 1 fully saturated rings. The Balaban J connectivity index is 1.74. The number of hydrogen-bond donors (Lipinski definition) is 7. The van der Waals surface area contributed by atoms with Crippen LogP contribution in [-0.2, 0) is 4.74 Å². The molecule has 1 aromatic heterocycles. The molecule has 11 heteroatoms. The molecule has 170 valence electrons. The van der Waals surface area contributed by atoms with Crippen LogP contribution in [0.5, 0.6) is 23.0 Å². The van der Waals surface area contributed by atoms with Crippen molar-refractivity contribution < 1.29 is 49.6 Å². The van der Waals surface area contributed by atoms with Crippen LogP contribution in [0.15, 0.2) is 45.6 Å². The Morgan fingerprint density at radius 1 is 0.938 bits per heavy atom. The summed E-state index contributed by atoms with van der Waals surface area (Å²) in [7, 11) is 0. The van der Waals surface area contributed by atoms with Crippen molar-refractivity contribution in [1.82, 2.24) is 0 Å². The second-order valence-corrected chi connectivity index (χ2v) is 7.28. The van der Waals surface area contributed by atoms with E-state index in [4.69, 9.17) is 13.9 Å². The Bertz CT molecular complexity index is 1190. The molecular weight excluding hydrogens is 428 g/mol. The normalized spacial score (nSPS) is 25.7. The summed E-state index contributed by atoms with van der Waals surface area (Å²) >= 11 is 0. The molecule has 0 bridgehead atoms. The summed E-state index contributed by atoms with van der Waals surface area (Å²) in [6.07, 6.45) is -8.13. The van der Waals surface area contributed by atoms with Crippen LogP contribution in [0.2, 0.25) is 0 Å². The number of aliphatic hydroxyl groups excluding tert-OH is 4. The summed E-state index contributed by atoms with van der Waals surface area (Å²) in [5.41, 5.74) is -0.385. The SMILES string of the molecule is O=c1cc(-c2ccc(O)cc2)oc2cc(O)c(O[C@@H]3O[C@H](CO)[C@H](O)[C@H](O)[C@H]3O)c(O)c12. The molecule has 0 amide bonds. The number of phenolic OH excluding ortho intramolecular Hbond substituents is 3. The number of benzene rings is 2. The quantitative estimate of drug-likeness (QED) is 0.279. The van der Waals surface area contributed by atoms with Gasteiger partial charge in [0.05, 0.1) is 6.61 Å². The molecule has 7 N–H and O–H groups in total. The van der Waals surface area contributed by atoms with E-state index in [2.05, 4.69) is 0 Å². The van der Waals surface area contributed by atoms with E-state index in [1.165, 1.54) is 24.3 Å². The topological polar surface area (TPSA) is 190 Å². The third kappa shape index (κ3) is 3.72. The van der Waals surface area contributed by atoms with Gasteiger partial charge in [0.25, 0.3) is 0 Å². The first kappa shape index (κ1) is 21.9. The zero-order valence-electron chi connectivity index (χ0n) is 16.3. The molecule has 0 unspecified atom stereocenters. The predicted octanol–water partition coefficient (Wildman–Crippen LogP) is -0.245. The molecule has 1 aliphatic heterocycles. The van der Waals surface area contributed by atoms with Crippen LogP contribution in [0.1, 0.15) is 0 Å². The van der Waals surface area contributed by atoms with Crippen LogP contribution >= 0.6 is 0 Å². The summed E-state index contributed by atoms with van der Waals surface area (Å²) in [5, 5.41) is 69.1. The Labute approximate surface area is 179 Å². The average molecular weight is 448 g/mol. The van der Waals surface area contributed by atoms with E-state index in [0.717, 1.165) is 12.1 Å². The number of ether oxygens (including phenoxy) is 2. The molecule has 11 nitrogen and oxygen atoms in total. The molecule has 0 spiro atoms. The van der Waals surface area contributed by atoms with Crippen molar-refractivity contribution in [3.8, 4) is 34.3 Å². The van der Waals surface area contributed by atoms with Gasteiger partial charge in [0, 0.05) is 17.7 Å². The number of rotatable bonds is 4. The van der Waals surface area contributed by atoms with Gasteiger partial charge in [0.15, 0.2) is 16.9 Å². The molecule has 0 radical (unpaired) electrons. The summed E-state index contributed by atoms with van der Waals surface area (Å²) < 4.78 is 16.1. The van der Waals surface area contributed by atoms with Crippen molar-refractivity contribution in [3.63, 3.8) is 0 Å². The lowest BCUT2D eigenvalue weighted by Gasteiger charge is -2.39. The van der Waals surface area contributed by atoms with Crippen molar-refractivity contribution in [2.75, 3.05) is 6.61 Å². The lowest BCUT2D eigenvalue weighted by molar-refractivity contribution is -0.277. The van der Waals surface area contributed by atoms with E-state index in [9.17, 15) is 40.5 Å². The highest BCUT2D eigenvalue weighted by Crippen LogP contribution is 2.43. The molecule has 1 aliphatic rings. The van der Waals surface area contributed by atoms with Gasteiger partial charge >= 0.3 is 0 Å². The van der Waals surface area contributed by atoms with Gasteiger partial charge in [-0.3, -0.25) is 4.79 Å². The second-order valence-electron chi connectivity index (χ2n) is 7.28. The molecule has 5 atom stereocenters. The highest BCUT2D eigenvalue weighted by Gasteiger charge is 2.45. The number of phenols is 3. The van der Waals surface area contributed by atoms with E-state index < -0.39 is 60.0 Å². The van der Waals surface area contributed by atoms with Gasteiger partial charge in [-0.15, -0.1) is 0 Å². The van der Waals surface area contributed by atoms with Gasteiger partial charge in [0.2, 0.25) is 12.0 Å². The van der Waals surface area contributed by atoms with Crippen molar-refractivity contribution in [1.29, 1.82) is 0 Å². The lowest BCUT2D eigenvalue weighted by Crippen LogP contribution is -2.60. The minimum absolute atomic E-state index is 0.0159. The minimum Gasteiger partial charge on any atom is -0.508 e. The Morgan fingerprint density at radius 3 is 2.28 bits per heavy atom. The first-order valence-electron chi connectivity index (χ1n) is 9.50. The van der Waals surface area contributed by atoms with E-state index in [0.29, 0.717) is 5.56 Å². The average Bonchev–Trinajstić information content (AvgIpc) is 2.76. The summed E-state index contributed by atoms with van der Waals surface area (Å²) in [6, 6.07) is 7.92. The van der Waals surface area contributed by atoms with Crippen molar-refractivity contribution in [3.05, 3.63) is 46.6 Å². The van der Waals surface area contributed by atoms with Crippen LogP contribution in [-0.4, -0.2) is 73.1 Å². The smallest absolute Gasteiger partial charge is 0.229 e. The van der Waals surface area contributed by atoms with E-state index >= 15 is 0 Å². The van der Waals surface area contributed by atoms with Gasteiger partial charge in [-0.1, -0.05) is 0 Å². The fourth-order valence-corrected chi connectivity index (χ4v) is 3.44. The molecule has 32 heavy (non-hydrogen) atoms. The van der Waals surface area contributed by atoms with Crippen molar-refractivity contribution in [2.24, 2.45) is 0 Å². The standard InChI is InChI=1S/C21H20O11/c22-7-14-16(26)18(28)19(29)21(31-14)32-20-11(25)6-13-15(17(20)27)10(24)5-12(30-13)8-1-3-9(23)4-2-8/h1-6,14,16,18-19,21-23,25-29H,7H2/t14-,16+,18+,19-,21+/m1/s1. The number of hydrogen-bond acceptors (Lipinski definition) is 11. The van der Waals surface area contributed by atoms with Crippen molar-refractivity contribution in [2.45, 2.75) is 30.7 Å². The zero-order chi connectivity index (χ0) is 23.2. The molecule has 4 rings (SSSR count). The summed E-state index contributed by atoms with van der Waals surface area (Å²) in [4.78, 5) is 12.7. The summed E-state index contributed by atoms with van der Waals surface area (Å²) in [5.74, 6) is -1.97. The fraction of sp³-hybridized carbons (Fsp3) is 0.286. The van der Waals surface area contributed by atoms with Gasteiger partial charge in [-0.05, 0) is 24.3 Å². The highest BCUT2D eigenvalue weighted by molar-refractivity contribution is 5.89. The lowest BCUT2D eigenvalue weighted by atomic mass is 9.99. The Morgan fingerprint density at radius 2 is 1.62 bits per heavy atom. The van der Waals surface area contributed by atoms with Crippen LogP contribution in [0.4, 0.5) is 0 Å². The zero-order valence-corrected chi connectivity index (χ0v) is 16.3. The van der Waals surface area contributed by atoms with E-state index in [1.807, 2.05) is 0 Å². The highest BCUT2D eigenvalue weighted by atomic mass is 16.7. The number of aliphatic hydroxyl groups is 4. The van der Waals surface area contributed by atoms with Gasteiger partial charge < -0.3 is 49.6 Å². The molecule has 2 aromatic carbocycles. The van der Waals surface area contributed by atoms with Crippen LogP contribution in [0.25, 0.3) is 22.3 Å². The molecular formula is C21H20O11. The van der Waals surface area contributed by atoms with Gasteiger partial charge in [-0.2, -0.15) is 0 Å². The maximum Gasteiger partial charge on any atom is 0.229 e. The molecule has 0 aliphatic carbocycles. The van der Waals surface area contributed by atoms with Crippen LogP contribution in [0.3, 0.4) is 0 Å². The second kappa shape index (κ2) is 8.30. The van der Waals surface area contributed by atoms with Crippen LogP contribution < -0.4 is 10.2 Å². The van der Waals surface area contributed by atoms with Crippen molar-refractivity contribution >= 4 is 11.0 Å². The maximum atomic E-state index is 12.7. The molecule has 3 aromatic rings. The third-order valence-corrected chi connectivity index (χ3v) is 5.16. The molecule has 2 heterocycles. The summed E-state index contributed by atoms with van der Waals surface area (Å²) in [6.45, 7) is -0.704. The van der Waals surface area contributed by atoms with Gasteiger partial charge in [-0.25, -0.2) is 0 Å². The first-order chi connectivity index (χ1) is 15.2. The minimum atomic E-state index is -1.80. The molecule has 1 saturated heterocycles. The predicted molar refractivity (Wildman–Crippen MR) is 107 cm³/mol. The molecule has 0 saturated carbocycles.